The van der Waals surface area contributed by atoms with Crippen LogP contribution in [0.15, 0.2) is 16.5 Å². The van der Waals surface area contributed by atoms with Crippen LogP contribution in [0.2, 0.25) is 0 Å². The largest absolute Gasteiger partial charge is 0.460 e. The Bertz CT molecular complexity index is 564. The highest BCUT2D eigenvalue weighted by Crippen LogP contribution is 2.23. The number of amides is 1. The molecule has 0 aliphatic heterocycles. The van der Waals surface area contributed by atoms with Crippen LogP contribution in [0.4, 0.5) is 0 Å². The fraction of sp³-hybridized carbons (Fsp3) is 0.500. The molecule has 2 aromatic heterocycles. The van der Waals surface area contributed by atoms with Gasteiger partial charge in [-0.05, 0) is 19.8 Å². The van der Waals surface area contributed by atoms with E-state index in [9.17, 15) is 4.79 Å². The van der Waals surface area contributed by atoms with E-state index < -0.39 is 0 Å². The molecule has 98 valence electrons. The molecule has 0 aromatic carbocycles. The van der Waals surface area contributed by atoms with Crippen molar-refractivity contribution in [1.82, 2.24) is 9.88 Å². The van der Waals surface area contributed by atoms with Crippen molar-refractivity contribution in [1.29, 1.82) is 0 Å². The smallest absolute Gasteiger partial charge is 0.268 e. The van der Waals surface area contributed by atoms with Gasteiger partial charge in [-0.3, -0.25) is 4.79 Å². The van der Waals surface area contributed by atoms with Gasteiger partial charge >= 0.3 is 0 Å². The Morgan fingerprint density at radius 1 is 1.44 bits per heavy atom. The summed E-state index contributed by atoms with van der Waals surface area (Å²) in [6.45, 7) is 9.54. The molecule has 2 aromatic rings. The normalized spacial score (nSPS) is 11.4. The topological polar surface area (TPSA) is 47.2 Å². The van der Waals surface area contributed by atoms with Gasteiger partial charge in [-0.1, -0.05) is 13.8 Å². The Labute approximate surface area is 107 Å². The second kappa shape index (κ2) is 4.88. The number of fused-ring (bicyclic) bond motifs is 1. The summed E-state index contributed by atoms with van der Waals surface area (Å²) in [6, 6.07) is 3.79. The minimum Gasteiger partial charge on any atom is -0.460 e. The first-order valence-electron chi connectivity index (χ1n) is 6.40. The molecule has 18 heavy (non-hydrogen) atoms. The molecule has 0 saturated carbocycles. The second-order valence-corrected chi connectivity index (χ2v) is 4.98. The number of nitrogens with zero attached hydrogens (tertiary/aromatic N) is 1. The molecule has 0 radical (unpaired) electrons. The summed E-state index contributed by atoms with van der Waals surface area (Å²) in [6.07, 6.45) is 0. The van der Waals surface area contributed by atoms with Crippen LogP contribution in [0, 0.1) is 12.8 Å². The first kappa shape index (κ1) is 12.7. The zero-order chi connectivity index (χ0) is 13.3. The van der Waals surface area contributed by atoms with E-state index in [4.69, 9.17) is 4.42 Å². The third-order valence-electron chi connectivity index (χ3n) is 2.93. The minimum atomic E-state index is -0.0328. The van der Waals surface area contributed by atoms with E-state index >= 15 is 0 Å². The molecule has 0 bridgehead atoms. The molecular weight excluding hydrogens is 228 g/mol. The standard InChI is InChI=1S/C14H20N2O2/c1-5-16-11-6-10(4)18-13(11)7-12(16)14(17)15-8-9(2)3/h6-7,9H,5,8H2,1-4H3,(H,15,17). The third-order valence-corrected chi connectivity index (χ3v) is 2.93. The van der Waals surface area contributed by atoms with Crippen LogP contribution in [0.25, 0.3) is 11.1 Å². The van der Waals surface area contributed by atoms with E-state index in [1.54, 1.807) is 0 Å². The third kappa shape index (κ3) is 2.28. The summed E-state index contributed by atoms with van der Waals surface area (Å²) < 4.78 is 7.55. The zero-order valence-corrected chi connectivity index (χ0v) is 11.4. The monoisotopic (exact) mass is 248 g/mol. The number of carbonyl (C=O) groups excluding carboxylic acids is 1. The first-order chi connectivity index (χ1) is 8.52. The lowest BCUT2D eigenvalue weighted by atomic mass is 10.2. The highest BCUT2D eigenvalue weighted by Gasteiger charge is 2.17. The van der Waals surface area contributed by atoms with E-state index in [0.717, 1.165) is 23.4 Å². The van der Waals surface area contributed by atoms with Crippen molar-refractivity contribution in [3.8, 4) is 0 Å². The van der Waals surface area contributed by atoms with Crippen LogP contribution in [-0.4, -0.2) is 17.0 Å². The maximum absolute atomic E-state index is 12.1. The van der Waals surface area contributed by atoms with Crippen LogP contribution < -0.4 is 5.32 Å². The van der Waals surface area contributed by atoms with Gasteiger partial charge in [-0.2, -0.15) is 0 Å². The number of hydrogen-bond donors (Lipinski definition) is 1. The summed E-state index contributed by atoms with van der Waals surface area (Å²) >= 11 is 0. The maximum atomic E-state index is 12.1. The van der Waals surface area contributed by atoms with Gasteiger partial charge in [-0.25, -0.2) is 0 Å². The lowest BCUT2D eigenvalue weighted by Gasteiger charge is -2.09. The summed E-state index contributed by atoms with van der Waals surface area (Å²) in [5.74, 6) is 1.29. The van der Waals surface area contributed by atoms with Crippen LogP contribution >= 0.6 is 0 Å². The predicted octanol–water partition coefficient (Wildman–Crippen LogP) is 2.95. The molecule has 0 spiro atoms. The number of hydrogen-bond acceptors (Lipinski definition) is 2. The molecule has 0 unspecified atom stereocenters. The quantitative estimate of drug-likeness (QED) is 0.904. The molecular formula is C14H20N2O2. The van der Waals surface area contributed by atoms with Crippen LogP contribution in [-0.2, 0) is 6.54 Å². The van der Waals surface area contributed by atoms with Crippen molar-refractivity contribution in [2.45, 2.75) is 34.2 Å². The molecule has 0 saturated heterocycles. The van der Waals surface area contributed by atoms with Gasteiger partial charge in [0.2, 0.25) is 0 Å². The Morgan fingerprint density at radius 2 is 2.17 bits per heavy atom. The summed E-state index contributed by atoms with van der Waals surface area (Å²) in [5.41, 5.74) is 2.45. The van der Waals surface area contributed by atoms with Crippen molar-refractivity contribution in [2.24, 2.45) is 5.92 Å². The summed E-state index contributed by atoms with van der Waals surface area (Å²) in [5, 5.41) is 2.94. The SMILES string of the molecule is CCn1c(C(=O)NCC(C)C)cc2oc(C)cc21. The molecule has 4 nitrogen and oxygen atoms in total. The Hall–Kier alpha value is -1.71. The zero-order valence-electron chi connectivity index (χ0n) is 11.4. The minimum absolute atomic E-state index is 0.0328. The fourth-order valence-corrected chi connectivity index (χ4v) is 2.08. The summed E-state index contributed by atoms with van der Waals surface area (Å²) in [4.78, 5) is 12.1. The van der Waals surface area contributed by atoms with Crippen molar-refractivity contribution in [3.05, 3.63) is 23.6 Å². The number of nitrogens with one attached hydrogen (secondary N) is 1. The average molecular weight is 248 g/mol. The number of aryl methyl sites for hydroxylation is 2. The highest BCUT2D eigenvalue weighted by atomic mass is 16.3. The first-order valence-corrected chi connectivity index (χ1v) is 6.40. The molecule has 4 heteroatoms. The van der Waals surface area contributed by atoms with Crippen molar-refractivity contribution in [2.75, 3.05) is 6.54 Å². The molecule has 0 aliphatic rings. The van der Waals surface area contributed by atoms with Crippen molar-refractivity contribution >= 4 is 17.0 Å². The Balaban J connectivity index is 2.32. The van der Waals surface area contributed by atoms with Gasteiger partial charge in [0.15, 0.2) is 5.58 Å². The van der Waals surface area contributed by atoms with Crippen molar-refractivity contribution in [3.63, 3.8) is 0 Å². The number of carbonyl (C=O) groups is 1. The average Bonchev–Trinajstić information content (AvgIpc) is 2.81. The maximum Gasteiger partial charge on any atom is 0.268 e. The van der Waals surface area contributed by atoms with E-state index in [0.29, 0.717) is 18.2 Å². The number of aromatic nitrogens is 1. The predicted molar refractivity (Wildman–Crippen MR) is 71.8 cm³/mol. The van der Waals surface area contributed by atoms with E-state index in [2.05, 4.69) is 19.2 Å². The Morgan fingerprint density at radius 3 is 2.78 bits per heavy atom. The van der Waals surface area contributed by atoms with Gasteiger partial charge in [0.25, 0.3) is 5.91 Å². The fourth-order valence-electron chi connectivity index (χ4n) is 2.08. The summed E-state index contributed by atoms with van der Waals surface area (Å²) in [7, 11) is 0. The molecule has 0 fully saturated rings. The molecule has 0 atom stereocenters. The molecule has 2 heterocycles. The van der Waals surface area contributed by atoms with Gasteiger partial charge in [0.1, 0.15) is 11.5 Å². The molecule has 2 rings (SSSR count). The van der Waals surface area contributed by atoms with E-state index in [1.807, 2.05) is 30.5 Å². The van der Waals surface area contributed by atoms with Gasteiger partial charge in [-0.15, -0.1) is 0 Å². The second-order valence-electron chi connectivity index (χ2n) is 4.98. The number of rotatable bonds is 4. The van der Waals surface area contributed by atoms with Gasteiger partial charge in [0, 0.05) is 25.2 Å². The highest BCUT2D eigenvalue weighted by molar-refractivity contribution is 5.97. The lowest BCUT2D eigenvalue weighted by molar-refractivity contribution is 0.0940. The number of furan rings is 1. The van der Waals surface area contributed by atoms with Gasteiger partial charge < -0.3 is 14.3 Å². The molecule has 1 N–H and O–H groups in total. The van der Waals surface area contributed by atoms with Crippen LogP contribution in [0.3, 0.4) is 0 Å². The van der Waals surface area contributed by atoms with E-state index in [-0.39, 0.29) is 5.91 Å². The lowest BCUT2D eigenvalue weighted by Crippen LogP contribution is -2.29. The van der Waals surface area contributed by atoms with Crippen molar-refractivity contribution < 1.29 is 9.21 Å². The van der Waals surface area contributed by atoms with Gasteiger partial charge in [0.05, 0.1) is 5.52 Å². The van der Waals surface area contributed by atoms with Crippen LogP contribution in [0.5, 0.6) is 0 Å². The van der Waals surface area contributed by atoms with E-state index in [1.165, 1.54) is 0 Å². The van der Waals surface area contributed by atoms with Crippen LogP contribution in [0.1, 0.15) is 37.0 Å². The Kier molecular flexibility index (Phi) is 3.45. The molecule has 0 aliphatic carbocycles. The molecule has 1 amide bonds.